The van der Waals surface area contributed by atoms with E-state index in [1.165, 1.54) is 11.1 Å². The first-order chi connectivity index (χ1) is 12.7. The van der Waals surface area contributed by atoms with Crippen LogP contribution in [0.4, 0.5) is 5.82 Å². The van der Waals surface area contributed by atoms with Crippen molar-refractivity contribution in [2.24, 2.45) is 0 Å². The molecule has 0 amide bonds. The second-order valence-electron chi connectivity index (χ2n) is 6.78. The van der Waals surface area contributed by atoms with E-state index in [1.54, 1.807) is 12.4 Å². The zero-order valence-electron chi connectivity index (χ0n) is 15.1. The van der Waals surface area contributed by atoms with Crippen molar-refractivity contribution >= 4 is 5.82 Å². The molecule has 0 fully saturated rings. The second kappa shape index (κ2) is 7.17. The summed E-state index contributed by atoms with van der Waals surface area (Å²) in [4.78, 5) is 22.3. The van der Waals surface area contributed by atoms with Crippen LogP contribution < -0.4 is 4.90 Å². The molecule has 26 heavy (non-hydrogen) atoms. The van der Waals surface area contributed by atoms with Crippen LogP contribution in [-0.2, 0) is 19.5 Å². The van der Waals surface area contributed by atoms with Gasteiger partial charge in [-0.1, -0.05) is 6.07 Å². The fourth-order valence-electron chi connectivity index (χ4n) is 3.18. The Hall–Kier alpha value is -2.86. The maximum atomic E-state index is 4.77. The number of nitrogens with zero attached hydrogens (tertiary/aromatic N) is 6. The fraction of sp³-hybridized carbons (Fsp3) is 0.300. The molecule has 0 radical (unpaired) electrons. The van der Waals surface area contributed by atoms with Crippen molar-refractivity contribution in [1.82, 2.24) is 24.8 Å². The normalized spacial score (nSPS) is 14.1. The Kier molecular flexibility index (Phi) is 4.58. The molecule has 1 aliphatic heterocycles. The first-order valence-corrected chi connectivity index (χ1v) is 8.79. The molecule has 6 heteroatoms. The molecule has 1 aliphatic rings. The summed E-state index contributed by atoms with van der Waals surface area (Å²) in [5, 5.41) is 0. The predicted octanol–water partition coefficient (Wildman–Crippen LogP) is 2.56. The average molecular weight is 346 g/mol. The van der Waals surface area contributed by atoms with Crippen molar-refractivity contribution in [3.8, 4) is 11.4 Å². The van der Waals surface area contributed by atoms with Crippen LogP contribution in [0.2, 0.25) is 0 Å². The zero-order chi connectivity index (χ0) is 17.9. The van der Waals surface area contributed by atoms with Crippen LogP contribution in [0.1, 0.15) is 16.8 Å². The zero-order valence-corrected chi connectivity index (χ0v) is 15.1. The van der Waals surface area contributed by atoms with Crippen LogP contribution in [0, 0.1) is 0 Å². The third-order valence-corrected chi connectivity index (χ3v) is 4.63. The van der Waals surface area contributed by atoms with Crippen LogP contribution in [0.25, 0.3) is 11.4 Å². The molecule has 0 spiro atoms. The summed E-state index contributed by atoms with van der Waals surface area (Å²) < 4.78 is 0. The molecule has 0 saturated heterocycles. The molecule has 4 rings (SSSR count). The van der Waals surface area contributed by atoms with Gasteiger partial charge < -0.3 is 4.90 Å². The average Bonchev–Trinajstić information content (AvgIpc) is 2.69. The lowest BCUT2D eigenvalue weighted by atomic mass is 10.1. The minimum absolute atomic E-state index is 0.781. The van der Waals surface area contributed by atoms with E-state index in [0.717, 1.165) is 49.0 Å². The molecule has 0 saturated carbocycles. The second-order valence-corrected chi connectivity index (χ2v) is 6.78. The molecule has 4 heterocycles. The maximum absolute atomic E-state index is 4.77. The van der Waals surface area contributed by atoms with E-state index in [2.05, 4.69) is 32.0 Å². The number of rotatable bonds is 4. The lowest BCUT2D eigenvalue weighted by molar-refractivity contribution is 0.242. The van der Waals surface area contributed by atoms with Crippen molar-refractivity contribution in [3.05, 3.63) is 65.9 Å². The number of pyridine rings is 2. The third-order valence-electron chi connectivity index (χ3n) is 4.63. The molecule has 0 aliphatic carbocycles. The van der Waals surface area contributed by atoms with Gasteiger partial charge in [0.15, 0.2) is 5.82 Å². The van der Waals surface area contributed by atoms with Gasteiger partial charge in [-0.3, -0.25) is 9.88 Å². The number of fused-ring (bicyclic) bond motifs is 1. The summed E-state index contributed by atoms with van der Waals surface area (Å²) >= 11 is 0. The largest absolute Gasteiger partial charge is 0.363 e. The van der Waals surface area contributed by atoms with E-state index >= 15 is 0 Å². The van der Waals surface area contributed by atoms with Crippen molar-refractivity contribution in [3.63, 3.8) is 0 Å². The minimum atomic E-state index is 0.781. The summed E-state index contributed by atoms with van der Waals surface area (Å²) in [5.74, 6) is 1.76. The Labute approximate surface area is 153 Å². The number of hydrogen-bond donors (Lipinski definition) is 0. The molecule has 0 unspecified atom stereocenters. The van der Waals surface area contributed by atoms with Crippen LogP contribution in [0.3, 0.4) is 0 Å². The van der Waals surface area contributed by atoms with Gasteiger partial charge in [0, 0.05) is 76.1 Å². The molecular weight excluding hydrogens is 324 g/mol. The lowest BCUT2D eigenvalue weighted by Crippen LogP contribution is -2.31. The summed E-state index contributed by atoms with van der Waals surface area (Å²) in [7, 11) is 4.01. The van der Waals surface area contributed by atoms with Crippen molar-refractivity contribution < 1.29 is 0 Å². The van der Waals surface area contributed by atoms with Gasteiger partial charge >= 0.3 is 0 Å². The Morgan fingerprint density at radius 1 is 1.04 bits per heavy atom. The van der Waals surface area contributed by atoms with E-state index < -0.39 is 0 Å². The van der Waals surface area contributed by atoms with Gasteiger partial charge in [-0.25, -0.2) is 15.0 Å². The summed E-state index contributed by atoms with van der Waals surface area (Å²) in [6.45, 7) is 2.77. The van der Waals surface area contributed by atoms with Gasteiger partial charge in [0.1, 0.15) is 5.82 Å². The smallest absolute Gasteiger partial charge is 0.159 e. The highest BCUT2D eigenvalue weighted by Crippen LogP contribution is 2.22. The third kappa shape index (κ3) is 3.55. The van der Waals surface area contributed by atoms with Crippen LogP contribution in [0.5, 0.6) is 0 Å². The quantitative estimate of drug-likeness (QED) is 0.724. The van der Waals surface area contributed by atoms with E-state index in [4.69, 9.17) is 4.98 Å². The van der Waals surface area contributed by atoms with Gasteiger partial charge in [-0.05, 0) is 23.8 Å². The SMILES string of the molecule is CN(C)c1ccc(CN2CCc3nc(-c4ccncc4)ncc3C2)cn1. The summed E-state index contributed by atoms with van der Waals surface area (Å²) in [6.07, 6.45) is 8.43. The van der Waals surface area contributed by atoms with Gasteiger partial charge in [0.2, 0.25) is 0 Å². The monoisotopic (exact) mass is 346 g/mol. The Balaban J connectivity index is 1.46. The van der Waals surface area contributed by atoms with Gasteiger partial charge in [-0.2, -0.15) is 0 Å². The standard InChI is InChI=1S/C20H22N6/c1-25(2)19-4-3-15(11-22-19)13-26-10-7-18-17(14-26)12-23-20(24-18)16-5-8-21-9-6-16/h3-6,8-9,11-12H,7,10,13-14H2,1-2H3. The van der Waals surface area contributed by atoms with E-state index in [-0.39, 0.29) is 0 Å². The van der Waals surface area contributed by atoms with Crippen LogP contribution in [0.15, 0.2) is 49.1 Å². The molecular formula is C20H22N6. The molecule has 3 aromatic rings. The van der Waals surface area contributed by atoms with E-state index in [1.807, 2.05) is 43.5 Å². The molecule has 0 aromatic carbocycles. The molecule has 132 valence electrons. The van der Waals surface area contributed by atoms with Gasteiger partial charge in [-0.15, -0.1) is 0 Å². The Morgan fingerprint density at radius 3 is 2.62 bits per heavy atom. The first-order valence-electron chi connectivity index (χ1n) is 8.79. The van der Waals surface area contributed by atoms with Crippen molar-refractivity contribution in [2.75, 3.05) is 25.5 Å². The van der Waals surface area contributed by atoms with Gasteiger partial charge in [0.25, 0.3) is 0 Å². The highest BCUT2D eigenvalue weighted by Gasteiger charge is 2.19. The molecule has 0 atom stereocenters. The van der Waals surface area contributed by atoms with E-state index in [0.29, 0.717) is 0 Å². The topological polar surface area (TPSA) is 58.0 Å². The number of anilines is 1. The highest BCUT2D eigenvalue weighted by molar-refractivity contribution is 5.54. The van der Waals surface area contributed by atoms with Crippen molar-refractivity contribution in [1.29, 1.82) is 0 Å². The molecule has 3 aromatic heterocycles. The molecule has 0 bridgehead atoms. The summed E-state index contributed by atoms with van der Waals surface area (Å²) in [5.41, 5.74) is 4.61. The maximum Gasteiger partial charge on any atom is 0.159 e. The Morgan fingerprint density at radius 2 is 1.88 bits per heavy atom. The Bertz CT molecular complexity index is 877. The summed E-state index contributed by atoms with van der Waals surface area (Å²) in [6, 6.07) is 8.11. The lowest BCUT2D eigenvalue weighted by Gasteiger charge is -2.28. The van der Waals surface area contributed by atoms with Gasteiger partial charge in [0.05, 0.1) is 5.69 Å². The first kappa shape index (κ1) is 16.6. The minimum Gasteiger partial charge on any atom is -0.363 e. The molecule has 0 N–H and O–H groups in total. The van der Waals surface area contributed by atoms with Crippen LogP contribution >= 0.6 is 0 Å². The number of aromatic nitrogens is 4. The fourth-order valence-corrected chi connectivity index (χ4v) is 3.18. The van der Waals surface area contributed by atoms with E-state index in [9.17, 15) is 0 Å². The van der Waals surface area contributed by atoms with Crippen molar-refractivity contribution in [2.45, 2.75) is 19.5 Å². The molecule has 6 nitrogen and oxygen atoms in total. The predicted molar refractivity (Wildman–Crippen MR) is 102 cm³/mol. The highest BCUT2D eigenvalue weighted by atomic mass is 15.1. The van der Waals surface area contributed by atoms with Crippen LogP contribution in [-0.4, -0.2) is 45.5 Å². The number of hydrogen-bond acceptors (Lipinski definition) is 6.